The molecule has 3 aromatic rings. The number of nitrogens with zero attached hydrogens (tertiary/aromatic N) is 6. The molecule has 0 spiro atoms. The highest BCUT2D eigenvalue weighted by molar-refractivity contribution is 7.99. The summed E-state index contributed by atoms with van der Waals surface area (Å²) in [7, 11) is 0. The Morgan fingerprint density at radius 1 is 1.24 bits per heavy atom. The molecule has 204 valence electrons. The highest BCUT2D eigenvalue weighted by atomic mass is 32.2. The summed E-state index contributed by atoms with van der Waals surface area (Å²) in [5.41, 5.74) is 2.46. The van der Waals surface area contributed by atoms with E-state index in [1.807, 2.05) is 37.7 Å². The molecule has 5 rings (SSSR count). The number of thioether (sulfide) groups is 1. The molecule has 4 atom stereocenters. The SMILES string of the molecule is CCCSc1nc(NCCCc2cccnc2)c2nnn(C3CC(C(=O)NCC)C4OC(C)(C)OC43)c2n1. The van der Waals surface area contributed by atoms with Crippen LogP contribution in [0.2, 0.25) is 0 Å². The number of fused-ring (bicyclic) bond motifs is 2. The van der Waals surface area contributed by atoms with Crippen molar-refractivity contribution in [3.8, 4) is 0 Å². The minimum Gasteiger partial charge on any atom is -0.368 e. The van der Waals surface area contributed by atoms with Crippen molar-refractivity contribution < 1.29 is 14.3 Å². The molecule has 0 radical (unpaired) electrons. The normalized spacial score (nSPS) is 24.0. The first-order valence-corrected chi connectivity index (χ1v) is 14.4. The van der Waals surface area contributed by atoms with E-state index in [9.17, 15) is 4.79 Å². The van der Waals surface area contributed by atoms with Crippen molar-refractivity contribution in [3.05, 3.63) is 30.1 Å². The molecule has 0 aromatic carbocycles. The lowest BCUT2D eigenvalue weighted by molar-refractivity contribution is -0.163. The third-order valence-corrected chi connectivity index (χ3v) is 7.89. The number of pyridine rings is 1. The predicted molar refractivity (Wildman–Crippen MR) is 145 cm³/mol. The second-order valence-corrected chi connectivity index (χ2v) is 11.2. The quantitative estimate of drug-likeness (QED) is 0.212. The topological polar surface area (TPSA) is 129 Å². The molecular formula is C26H36N8O3S. The largest absolute Gasteiger partial charge is 0.368 e. The zero-order valence-electron chi connectivity index (χ0n) is 22.4. The van der Waals surface area contributed by atoms with Gasteiger partial charge in [0.15, 0.2) is 27.9 Å². The molecule has 2 fully saturated rings. The second kappa shape index (κ2) is 11.5. The van der Waals surface area contributed by atoms with Gasteiger partial charge in [-0.25, -0.2) is 14.6 Å². The Morgan fingerprint density at radius 3 is 2.84 bits per heavy atom. The van der Waals surface area contributed by atoms with Crippen LogP contribution in [-0.4, -0.2) is 72.7 Å². The molecule has 4 heterocycles. The van der Waals surface area contributed by atoms with Gasteiger partial charge in [0.1, 0.15) is 12.2 Å². The number of hydrogen-bond acceptors (Lipinski definition) is 10. The van der Waals surface area contributed by atoms with Gasteiger partial charge in [-0.1, -0.05) is 30.0 Å². The highest BCUT2D eigenvalue weighted by Gasteiger charge is 2.57. The summed E-state index contributed by atoms with van der Waals surface area (Å²) >= 11 is 1.61. The van der Waals surface area contributed by atoms with E-state index in [1.54, 1.807) is 18.0 Å². The molecule has 3 aromatic heterocycles. The third-order valence-electron chi connectivity index (χ3n) is 6.83. The zero-order chi connectivity index (χ0) is 26.7. The smallest absolute Gasteiger partial charge is 0.225 e. The first kappa shape index (κ1) is 26.8. The summed E-state index contributed by atoms with van der Waals surface area (Å²) in [5.74, 6) is 0.427. The average molecular weight is 541 g/mol. The molecule has 1 aliphatic carbocycles. The van der Waals surface area contributed by atoms with Crippen molar-refractivity contribution in [1.29, 1.82) is 0 Å². The van der Waals surface area contributed by atoms with E-state index in [4.69, 9.17) is 19.4 Å². The van der Waals surface area contributed by atoms with Crippen molar-refractivity contribution in [3.63, 3.8) is 0 Å². The lowest BCUT2D eigenvalue weighted by atomic mass is 10.0. The Kier molecular flexibility index (Phi) is 8.10. The maximum absolute atomic E-state index is 12.9. The molecule has 1 aliphatic heterocycles. The number of rotatable bonds is 11. The van der Waals surface area contributed by atoms with Gasteiger partial charge in [-0.3, -0.25) is 9.78 Å². The Bertz CT molecular complexity index is 1250. The molecule has 4 unspecified atom stereocenters. The molecule has 11 nitrogen and oxygen atoms in total. The van der Waals surface area contributed by atoms with Crippen LogP contribution in [0.25, 0.3) is 11.2 Å². The Hall–Kier alpha value is -2.83. The van der Waals surface area contributed by atoms with Gasteiger partial charge in [0.05, 0.1) is 12.0 Å². The number of nitrogens with one attached hydrogen (secondary N) is 2. The number of carbonyl (C=O) groups excluding carboxylic acids is 1. The highest BCUT2D eigenvalue weighted by Crippen LogP contribution is 2.47. The summed E-state index contributed by atoms with van der Waals surface area (Å²) in [6.45, 7) is 9.10. The van der Waals surface area contributed by atoms with Gasteiger partial charge in [-0.2, -0.15) is 0 Å². The van der Waals surface area contributed by atoms with Crippen LogP contribution < -0.4 is 10.6 Å². The van der Waals surface area contributed by atoms with Crippen molar-refractivity contribution >= 4 is 34.7 Å². The fourth-order valence-corrected chi connectivity index (χ4v) is 5.91. The lowest BCUT2D eigenvalue weighted by Crippen LogP contribution is -2.37. The van der Waals surface area contributed by atoms with Gasteiger partial charge < -0.3 is 20.1 Å². The lowest BCUT2D eigenvalue weighted by Gasteiger charge is -2.23. The van der Waals surface area contributed by atoms with Crippen molar-refractivity contribution in [2.24, 2.45) is 5.92 Å². The monoisotopic (exact) mass is 540 g/mol. The number of anilines is 1. The van der Waals surface area contributed by atoms with Gasteiger partial charge in [0.25, 0.3) is 0 Å². The van der Waals surface area contributed by atoms with E-state index in [-0.39, 0.29) is 30.1 Å². The molecule has 1 saturated carbocycles. The van der Waals surface area contributed by atoms with E-state index in [0.717, 1.165) is 31.6 Å². The molecule has 2 N–H and O–H groups in total. The second-order valence-electron chi connectivity index (χ2n) is 10.2. The van der Waals surface area contributed by atoms with Crippen LogP contribution in [0.4, 0.5) is 5.82 Å². The van der Waals surface area contributed by atoms with E-state index >= 15 is 0 Å². The Balaban J connectivity index is 1.42. The fourth-order valence-electron chi connectivity index (χ4n) is 5.21. The number of aromatic nitrogens is 6. The predicted octanol–water partition coefficient (Wildman–Crippen LogP) is 3.38. The van der Waals surface area contributed by atoms with Crippen LogP contribution in [0.3, 0.4) is 0 Å². The minimum atomic E-state index is -0.784. The zero-order valence-corrected chi connectivity index (χ0v) is 23.2. The summed E-state index contributed by atoms with van der Waals surface area (Å²) in [6, 6.07) is 3.80. The first-order chi connectivity index (χ1) is 18.4. The van der Waals surface area contributed by atoms with Gasteiger partial charge in [0, 0.05) is 31.2 Å². The van der Waals surface area contributed by atoms with Gasteiger partial charge in [-0.15, -0.1) is 5.10 Å². The molecule has 1 saturated heterocycles. The van der Waals surface area contributed by atoms with Crippen molar-refractivity contribution in [1.82, 2.24) is 35.3 Å². The molecule has 38 heavy (non-hydrogen) atoms. The summed E-state index contributed by atoms with van der Waals surface area (Å²) in [5, 5.41) is 16.1. The van der Waals surface area contributed by atoms with Crippen LogP contribution in [0.5, 0.6) is 0 Å². The number of aryl methyl sites for hydroxylation is 1. The maximum Gasteiger partial charge on any atom is 0.225 e. The third kappa shape index (κ3) is 5.62. The van der Waals surface area contributed by atoms with Gasteiger partial charge >= 0.3 is 0 Å². The average Bonchev–Trinajstić information content (AvgIpc) is 3.56. The van der Waals surface area contributed by atoms with Crippen LogP contribution in [-0.2, 0) is 20.7 Å². The first-order valence-electron chi connectivity index (χ1n) is 13.4. The van der Waals surface area contributed by atoms with Crippen LogP contribution in [0.1, 0.15) is 58.6 Å². The van der Waals surface area contributed by atoms with E-state index in [1.165, 1.54) is 5.56 Å². The molecule has 12 heteroatoms. The van der Waals surface area contributed by atoms with Crippen molar-refractivity contribution in [2.75, 3.05) is 24.2 Å². The van der Waals surface area contributed by atoms with Crippen LogP contribution >= 0.6 is 11.8 Å². The number of ether oxygens (including phenoxy) is 2. The van der Waals surface area contributed by atoms with Crippen molar-refractivity contribution in [2.45, 2.75) is 82.6 Å². The van der Waals surface area contributed by atoms with E-state index < -0.39 is 5.79 Å². The molecular weight excluding hydrogens is 504 g/mol. The summed E-state index contributed by atoms with van der Waals surface area (Å²) in [4.78, 5) is 26.7. The van der Waals surface area contributed by atoms with Gasteiger partial charge in [0.2, 0.25) is 5.91 Å². The molecule has 1 amide bonds. The van der Waals surface area contributed by atoms with Crippen LogP contribution in [0, 0.1) is 5.92 Å². The van der Waals surface area contributed by atoms with Crippen LogP contribution in [0.15, 0.2) is 29.7 Å². The molecule has 0 bridgehead atoms. The standard InChI is InChI=1S/C26H36N8O3S/c1-5-13-38-25-30-22(29-12-8-10-16-9-7-11-27-15-16)19-23(31-25)34(33-32-19)18-14-17(24(35)28-6-2)20-21(18)37-26(3,4)36-20/h7,9,11,15,17-18,20-21H,5-6,8,10,12-14H2,1-4H3,(H,28,35)(H,29,30,31). The van der Waals surface area contributed by atoms with Gasteiger partial charge in [-0.05, 0) is 58.1 Å². The number of hydrogen-bond donors (Lipinski definition) is 2. The number of carbonyl (C=O) groups is 1. The fraction of sp³-hybridized carbons (Fsp3) is 0.615. The minimum absolute atomic E-state index is 0.0273. The summed E-state index contributed by atoms with van der Waals surface area (Å²) in [6.07, 6.45) is 6.37. The van der Waals surface area contributed by atoms with E-state index in [2.05, 4.69) is 38.9 Å². The van der Waals surface area contributed by atoms with E-state index in [0.29, 0.717) is 35.1 Å². The maximum atomic E-state index is 12.9. The number of amides is 1. The molecule has 2 aliphatic rings. The Labute approximate surface area is 226 Å². The Morgan fingerprint density at radius 2 is 2.08 bits per heavy atom. The summed E-state index contributed by atoms with van der Waals surface area (Å²) < 4.78 is 14.3.